The summed E-state index contributed by atoms with van der Waals surface area (Å²) in [6.45, 7) is 5.14. The number of carbonyl (C=O) groups excluding carboxylic acids is 1. The number of benzene rings is 2. The Balaban J connectivity index is 1.28. The molecule has 0 bridgehead atoms. The molecule has 10 heteroatoms. The van der Waals surface area contributed by atoms with Gasteiger partial charge in [-0.05, 0) is 55.0 Å². The van der Waals surface area contributed by atoms with E-state index in [1.54, 1.807) is 24.3 Å². The molecule has 5 N–H and O–H groups in total. The largest absolute Gasteiger partial charge is 0.399 e. The lowest BCUT2D eigenvalue weighted by atomic mass is 9.90. The van der Waals surface area contributed by atoms with Crippen LogP contribution in [0.15, 0.2) is 53.9 Å². The molecule has 2 aromatic carbocycles. The normalized spacial score (nSPS) is 20.7. The topological polar surface area (TPSA) is 131 Å². The summed E-state index contributed by atoms with van der Waals surface area (Å²) >= 11 is 0. The van der Waals surface area contributed by atoms with Gasteiger partial charge < -0.3 is 20.8 Å². The molecule has 5 rings (SSSR count). The maximum Gasteiger partial charge on any atom is 0.248 e. The van der Waals surface area contributed by atoms with Crippen LogP contribution in [0.2, 0.25) is 0 Å². The number of nitrogens with one attached hydrogen (secondary N) is 1. The summed E-state index contributed by atoms with van der Waals surface area (Å²) in [4.78, 5) is 14.4. The van der Waals surface area contributed by atoms with Gasteiger partial charge in [-0.3, -0.25) is 10.6 Å². The third-order valence-corrected chi connectivity index (χ3v) is 9.16. The highest BCUT2D eigenvalue weighted by Crippen LogP contribution is 2.37. The molecule has 2 aromatic rings. The van der Waals surface area contributed by atoms with Crippen LogP contribution in [0.3, 0.4) is 0 Å². The number of amides is 1. The SMILES string of the molecule is C=C(N)c1ccc(-c2ccc(S(=O)(=O)N3CCC4(CC3)CN(C3CC3)C(=O)CO4)cc2)cc1NN. The zero-order valence-corrected chi connectivity index (χ0v) is 20.4. The van der Waals surface area contributed by atoms with Crippen molar-refractivity contribution in [3.8, 4) is 11.1 Å². The highest BCUT2D eigenvalue weighted by molar-refractivity contribution is 7.89. The number of carbonyl (C=O) groups is 1. The van der Waals surface area contributed by atoms with E-state index in [4.69, 9.17) is 16.3 Å². The zero-order chi connectivity index (χ0) is 24.8. The second kappa shape index (κ2) is 8.94. The van der Waals surface area contributed by atoms with Crippen molar-refractivity contribution < 1.29 is 17.9 Å². The molecule has 1 spiro atoms. The Morgan fingerprint density at radius 3 is 2.34 bits per heavy atom. The summed E-state index contributed by atoms with van der Waals surface area (Å²) in [7, 11) is -3.64. The molecule has 0 atom stereocenters. The number of nitrogen functional groups attached to an aromatic ring is 1. The molecule has 1 amide bonds. The quantitative estimate of drug-likeness (QED) is 0.411. The Kier molecular flexibility index (Phi) is 6.08. The summed E-state index contributed by atoms with van der Waals surface area (Å²) in [5, 5.41) is 0. The molecule has 2 aliphatic heterocycles. The summed E-state index contributed by atoms with van der Waals surface area (Å²) in [6, 6.07) is 12.7. The molecular formula is C25H31N5O4S. The molecule has 35 heavy (non-hydrogen) atoms. The molecule has 2 heterocycles. The van der Waals surface area contributed by atoms with Crippen molar-refractivity contribution in [1.29, 1.82) is 0 Å². The first kappa shape index (κ1) is 23.8. The van der Waals surface area contributed by atoms with Gasteiger partial charge in [0, 0.05) is 30.4 Å². The number of sulfonamides is 1. The first-order valence-electron chi connectivity index (χ1n) is 11.8. The summed E-state index contributed by atoms with van der Waals surface area (Å²) in [5.41, 5.74) is 11.5. The lowest BCUT2D eigenvalue weighted by Crippen LogP contribution is -2.59. The molecule has 1 saturated carbocycles. The highest BCUT2D eigenvalue weighted by Gasteiger charge is 2.47. The number of nitrogens with zero attached hydrogens (tertiary/aromatic N) is 2. The van der Waals surface area contributed by atoms with Crippen molar-refractivity contribution in [1.82, 2.24) is 9.21 Å². The van der Waals surface area contributed by atoms with Gasteiger partial charge in [0.25, 0.3) is 0 Å². The fourth-order valence-corrected chi connectivity index (χ4v) is 6.43. The van der Waals surface area contributed by atoms with E-state index < -0.39 is 15.6 Å². The number of hydrogen-bond donors (Lipinski definition) is 3. The van der Waals surface area contributed by atoms with Gasteiger partial charge in [0.2, 0.25) is 15.9 Å². The highest BCUT2D eigenvalue weighted by atomic mass is 32.2. The van der Waals surface area contributed by atoms with E-state index in [0.717, 1.165) is 24.0 Å². The van der Waals surface area contributed by atoms with E-state index in [1.165, 1.54) is 4.31 Å². The number of nitrogens with two attached hydrogens (primary N) is 2. The smallest absolute Gasteiger partial charge is 0.248 e. The summed E-state index contributed by atoms with van der Waals surface area (Å²) in [5.74, 6) is 5.67. The number of ether oxygens (including phenoxy) is 1. The van der Waals surface area contributed by atoms with Crippen molar-refractivity contribution >= 4 is 27.3 Å². The lowest BCUT2D eigenvalue weighted by molar-refractivity contribution is -0.170. The first-order chi connectivity index (χ1) is 16.7. The van der Waals surface area contributed by atoms with E-state index in [0.29, 0.717) is 55.5 Å². The van der Waals surface area contributed by atoms with Crippen LogP contribution in [0.5, 0.6) is 0 Å². The van der Waals surface area contributed by atoms with Crippen molar-refractivity contribution in [3.05, 3.63) is 54.6 Å². The molecule has 0 unspecified atom stereocenters. The van der Waals surface area contributed by atoms with Crippen molar-refractivity contribution in [2.45, 2.75) is 42.2 Å². The third-order valence-electron chi connectivity index (χ3n) is 7.25. The minimum absolute atomic E-state index is 0.0465. The van der Waals surface area contributed by atoms with E-state index >= 15 is 0 Å². The van der Waals surface area contributed by atoms with E-state index in [2.05, 4.69) is 12.0 Å². The minimum atomic E-state index is -3.64. The number of morpholine rings is 1. The van der Waals surface area contributed by atoms with Crippen LogP contribution in [0.25, 0.3) is 16.8 Å². The summed E-state index contributed by atoms with van der Waals surface area (Å²) < 4.78 is 34.1. The zero-order valence-electron chi connectivity index (χ0n) is 19.6. The Hall–Kier alpha value is -2.92. The van der Waals surface area contributed by atoms with Crippen molar-refractivity contribution in [2.75, 3.05) is 31.7 Å². The predicted molar refractivity (Wildman–Crippen MR) is 134 cm³/mol. The summed E-state index contributed by atoms with van der Waals surface area (Å²) in [6.07, 6.45) is 3.26. The Labute approximate surface area is 205 Å². The average Bonchev–Trinajstić information content (AvgIpc) is 3.71. The molecule has 186 valence electrons. The van der Waals surface area contributed by atoms with E-state index in [1.807, 2.05) is 23.1 Å². The fourth-order valence-electron chi connectivity index (χ4n) is 4.99. The predicted octanol–water partition coefficient (Wildman–Crippen LogP) is 2.11. The van der Waals surface area contributed by atoms with Crippen LogP contribution in [-0.4, -0.2) is 61.4 Å². The Bertz CT molecular complexity index is 1250. The number of hydrogen-bond acceptors (Lipinski definition) is 7. The van der Waals surface area contributed by atoms with Crippen LogP contribution >= 0.6 is 0 Å². The maximum atomic E-state index is 13.3. The molecule has 1 aliphatic carbocycles. The number of piperidine rings is 1. The average molecular weight is 498 g/mol. The first-order valence-corrected chi connectivity index (χ1v) is 13.3. The molecule has 0 aromatic heterocycles. The molecular weight excluding hydrogens is 466 g/mol. The van der Waals surface area contributed by atoms with Gasteiger partial charge in [0.15, 0.2) is 0 Å². The number of hydrazine groups is 1. The van der Waals surface area contributed by atoms with Crippen LogP contribution in [-0.2, 0) is 19.6 Å². The van der Waals surface area contributed by atoms with Crippen LogP contribution < -0.4 is 17.0 Å². The number of rotatable bonds is 6. The fraction of sp³-hybridized carbons (Fsp3) is 0.400. The lowest BCUT2D eigenvalue weighted by Gasteiger charge is -2.46. The van der Waals surface area contributed by atoms with Crippen molar-refractivity contribution in [3.63, 3.8) is 0 Å². The van der Waals surface area contributed by atoms with Crippen LogP contribution in [0, 0.1) is 0 Å². The van der Waals surface area contributed by atoms with Crippen LogP contribution in [0.1, 0.15) is 31.2 Å². The van der Waals surface area contributed by atoms with Gasteiger partial charge in [-0.2, -0.15) is 4.31 Å². The van der Waals surface area contributed by atoms with E-state index in [9.17, 15) is 13.2 Å². The second-order valence-corrected chi connectivity index (χ2v) is 11.5. The van der Waals surface area contributed by atoms with Gasteiger partial charge in [0.05, 0.1) is 22.7 Å². The minimum Gasteiger partial charge on any atom is -0.399 e. The Morgan fingerprint density at radius 1 is 1.09 bits per heavy atom. The van der Waals surface area contributed by atoms with Gasteiger partial charge >= 0.3 is 0 Å². The monoisotopic (exact) mass is 497 g/mol. The number of anilines is 1. The second-order valence-electron chi connectivity index (χ2n) is 9.58. The molecule has 9 nitrogen and oxygen atoms in total. The standard InChI is InChI=1S/C25H31N5O4S/c1-17(26)22-9-4-19(14-23(22)28-27)18-2-7-21(8-3-18)35(32,33)29-12-10-25(11-13-29)16-30(20-5-6-20)24(31)15-34-25/h2-4,7-9,14,20,28H,1,5-6,10-13,15-16,26-27H2. The Morgan fingerprint density at radius 2 is 1.74 bits per heavy atom. The van der Waals surface area contributed by atoms with Crippen LogP contribution in [0.4, 0.5) is 5.69 Å². The molecule has 3 aliphatic rings. The van der Waals surface area contributed by atoms with Gasteiger partial charge in [-0.25, -0.2) is 8.42 Å². The maximum absolute atomic E-state index is 13.3. The van der Waals surface area contributed by atoms with Gasteiger partial charge in [0.1, 0.15) is 6.61 Å². The molecule has 3 fully saturated rings. The third kappa shape index (κ3) is 4.54. The molecule has 2 saturated heterocycles. The van der Waals surface area contributed by atoms with Gasteiger partial charge in [-0.15, -0.1) is 0 Å². The van der Waals surface area contributed by atoms with E-state index in [-0.39, 0.29) is 17.4 Å². The van der Waals surface area contributed by atoms with Gasteiger partial charge in [-0.1, -0.05) is 30.8 Å². The molecule has 0 radical (unpaired) electrons. The van der Waals surface area contributed by atoms with Crippen molar-refractivity contribution in [2.24, 2.45) is 11.6 Å².